The first-order valence-corrected chi connectivity index (χ1v) is 29.5. The minimum atomic E-state index is -1.56. The number of hydrazine groups is 2. The number of carbonyl (C=O) groups is 10. The van der Waals surface area contributed by atoms with Gasteiger partial charge in [0.25, 0.3) is 11.8 Å². The number of rotatable bonds is 37. The van der Waals surface area contributed by atoms with Crippen molar-refractivity contribution in [1.82, 2.24) is 58.1 Å². The highest BCUT2D eigenvalue weighted by atomic mass is 16.3. The number of guanidine groups is 2. The van der Waals surface area contributed by atoms with Crippen LogP contribution >= 0.6 is 0 Å². The third-order valence-corrected chi connectivity index (χ3v) is 13.7. The van der Waals surface area contributed by atoms with Crippen LogP contribution in [0.25, 0.3) is 21.5 Å². The smallest absolute Gasteiger partial charge is 0.256 e. The van der Waals surface area contributed by atoms with Crippen LogP contribution in [-0.4, -0.2) is 168 Å². The molecule has 0 unspecified atom stereocenters. The van der Waals surface area contributed by atoms with Crippen LogP contribution in [0.3, 0.4) is 0 Å². The molecule has 0 fully saturated rings. The molecule has 0 aliphatic heterocycles. The van der Waals surface area contributed by atoms with Gasteiger partial charge in [0.2, 0.25) is 47.3 Å². The second-order valence-electron chi connectivity index (χ2n) is 22.6. The number of hydrogen-bond acceptors (Lipinski definition) is 16. The number of carbonyl (C=O) groups excluding carboxylic acids is 10. The maximum absolute atomic E-state index is 14.4. The number of aliphatic imine (C=N–C) groups is 2. The van der Waals surface area contributed by atoms with Crippen molar-refractivity contribution in [2.24, 2.45) is 56.2 Å². The van der Waals surface area contributed by atoms with Crippen LogP contribution in [-0.2, 0) is 61.0 Å². The molecule has 4 aromatic carbocycles. The summed E-state index contributed by atoms with van der Waals surface area (Å²) in [4.78, 5) is 143. The molecule has 4 rings (SSSR count). The number of nitrogens with two attached hydrogens (primary N) is 6. The first-order chi connectivity index (χ1) is 42.6. The third kappa shape index (κ3) is 25.3. The molecule has 490 valence electrons. The molecule has 0 saturated carbocycles. The van der Waals surface area contributed by atoms with Crippen LogP contribution in [0.1, 0.15) is 84.8 Å². The fourth-order valence-electron chi connectivity index (χ4n) is 9.36. The Morgan fingerprint density at radius 1 is 0.478 bits per heavy atom. The Morgan fingerprint density at radius 2 is 0.933 bits per heavy atom. The summed E-state index contributed by atoms with van der Waals surface area (Å²) in [5.41, 5.74) is 40.4. The van der Waals surface area contributed by atoms with Crippen LogP contribution < -0.4 is 82.5 Å². The molecule has 0 saturated heterocycles. The molecule has 0 aromatic heterocycles. The van der Waals surface area contributed by atoms with Crippen LogP contribution in [0, 0.1) is 11.8 Å². The van der Waals surface area contributed by atoms with Gasteiger partial charge in [0.15, 0.2) is 11.9 Å². The first kappa shape index (κ1) is 73.0. The zero-order valence-corrected chi connectivity index (χ0v) is 51.8. The number of nitrogens with one attached hydrogen (secondary N) is 9. The van der Waals surface area contributed by atoms with Crippen molar-refractivity contribution < 1.29 is 53.1 Å². The molecule has 0 heterocycles. The lowest BCUT2D eigenvalue weighted by Crippen LogP contribution is -2.59. The highest BCUT2D eigenvalue weighted by molar-refractivity contribution is 5.97. The van der Waals surface area contributed by atoms with E-state index in [-0.39, 0.29) is 88.6 Å². The van der Waals surface area contributed by atoms with Gasteiger partial charge in [-0.15, -0.1) is 0 Å². The third-order valence-electron chi connectivity index (χ3n) is 13.7. The van der Waals surface area contributed by atoms with E-state index in [0.29, 0.717) is 5.56 Å². The number of nitrogens with zero attached hydrogens (tertiary/aromatic N) is 4. The molecule has 0 bridgehead atoms. The maximum atomic E-state index is 14.4. The molecule has 0 radical (unpaired) electrons. The minimum absolute atomic E-state index is 0.0182. The molecule has 0 aliphatic carbocycles. The fraction of sp³-hybridized carbons (Fsp3) is 0.467. The van der Waals surface area contributed by atoms with Gasteiger partial charge in [0.05, 0.1) is 32.3 Å². The average molecular weight is 1250 g/mol. The van der Waals surface area contributed by atoms with Crippen molar-refractivity contribution in [3.8, 4) is 0 Å². The number of fused-ring (bicyclic) bond motifs is 2. The molecule has 10 amide bonds. The summed E-state index contributed by atoms with van der Waals surface area (Å²) >= 11 is 0. The van der Waals surface area contributed by atoms with Crippen LogP contribution in [0.15, 0.2) is 94.9 Å². The lowest BCUT2D eigenvalue weighted by Gasteiger charge is -2.29. The maximum Gasteiger partial charge on any atom is 0.256 e. The van der Waals surface area contributed by atoms with E-state index in [2.05, 4.69) is 58.1 Å². The quantitative estimate of drug-likeness (QED) is 0.00928. The van der Waals surface area contributed by atoms with Gasteiger partial charge in [-0.3, -0.25) is 68.8 Å². The predicted octanol–water partition coefficient (Wildman–Crippen LogP) is -2.96. The van der Waals surface area contributed by atoms with Gasteiger partial charge < -0.3 is 76.7 Å². The molecule has 90 heavy (non-hydrogen) atoms. The van der Waals surface area contributed by atoms with E-state index in [1.807, 2.05) is 86.6 Å². The van der Waals surface area contributed by atoms with E-state index in [1.54, 1.807) is 26.0 Å². The van der Waals surface area contributed by atoms with Gasteiger partial charge in [-0.25, -0.2) is 10.0 Å². The van der Waals surface area contributed by atoms with Crippen molar-refractivity contribution in [2.45, 2.75) is 129 Å². The minimum Gasteiger partial charge on any atom is -0.394 e. The molecular formula is C60H89N19O11. The van der Waals surface area contributed by atoms with Crippen molar-refractivity contribution in [1.29, 1.82) is 0 Å². The Hall–Kier alpha value is -9.52. The zero-order chi connectivity index (χ0) is 66.6. The average Bonchev–Trinajstić information content (AvgIpc) is 1.31. The van der Waals surface area contributed by atoms with Gasteiger partial charge in [-0.2, -0.15) is 0 Å². The van der Waals surface area contributed by atoms with Gasteiger partial charge >= 0.3 is 0 Å². The normalized spacial score (nSPS) is 13.6. The van der Waals surface area contributed by atoms with Gasteiger partial charge in [-0.1, -0.05) is 113 Å². The van der Waals surface area contributed by atoms with E-state index in [1.165, 1.54) is 23.9 Å². The molecule has 7 atom stereocenters. The van der Waals surface area contributed by atoms with Crippen molar-refractivity contribution in [2.75, 3.05) is 39.3 Å². The molecular weight excluding hydrogens is 1160 g/mol. The molecule has 4 aromatic rings. The van der Waals surface area contributed by atoms with Crippen molar-refractivity contribution >= 4 is 92.5 Å². The summed E-state index contributed by atoms with van der Waals surface area (Å²) in [6.07, 6.45) is 0.303. The number of hydrogen-bond donors (Lipinski definition) is 16. The molecule has 22 N–H and O–H groups in total. The monoisotopic (exact) mass is 1250 g/mol. The Labute approximate surface area is 522 Å². The summed E-state index contributed by atoms with van der Waals surface area (Å²) in [5, 5.41) is 33.9. The lowest BCUT2D eigenvalue weighted by molar-refractivity contribution is -0.136. The largest absolute Gasteiger partial charge is 0.394 e. The topological polar surface area (TPSA) is 487 Å². The van der Waals surface area contributed by atoms with E-state index in [0.717, 1.165) is 27.1 Å². The molecule has 30 heteroatoms. The fourth-order valence-corrected chi connectivity index (χ4v) is 9.36. The molecule has 0 spiro atoms. The summed E-state index contributed by atoms with van der Waals surface area (Å²) in [7, 11) is 0. The number of aliphatic hydroxyl groups is 1. The van der Waals surface area contributed by atoms with Gasteiger partial charge in [0.1, 0.15) is 36.3 Å². The molecule has 30 nitrogen and oxygen atoms in total. The van der Waals surface area contributed by atoms with Crippen molar-refractivity contribution in [3.63, 3.8) is 0 Å². The van der Waals surface area contributed by atoms with Crippen molar-refractivity contribution in [3.05, 3.63) is 96.1 Å². The molecule has 0 aliphatic rings. The van der Waals surface area contributed by atoms with Gasteiger partial charge in [0, 0.05) is 26.2 Å². The standard InChI is InChI=1S/C60H89N19O11/c1-34(2)26-46(56(88)73-44(22-13-24-67-59(63)64)58(90)77-78(31-49(62)81)29-40-18-11-16-38-14-7-9-20-42(38)40)72-51(83)32-79(30-41-19-12-17-39-15-8-10-21-43(39)41)76-53(85)37(6)70-55(87)45(23-25-68-60(65)66)71-50(82)28-69-54(86)48(33-80)75-57(89)47(27-35(3)4)74-52(84)36(5)61/h7-12,14-21,34-37,44-48,80H,13,22-33,61H2,1-6H3,(H2,62,81)(H,69,86)(H,70,87)(H,71,82)(H,72,83)(H,73,88)(H,74,84)(H,75,89)(H,76,85)(H,77,90)(H4,63,64,67)(H4,65,66,68)/t36-,37-,44+,45-,46-,47-,48-/m0/s1. The van der Waals surface area contributed by atoms with E-state index in [4.69, 9.17) is 34.4 Å². The SMILES string of the molecule is CC(C)C[C@H](NC(=O)CN(Cc1cccc2ccccc12)NC(=O)[C@H](C)NC(=O)[C@H](CCN=C(N)N)NC(=O)CNC(=O)[C@H](CO)NC(=O)[C@H](CC(C)C)NC(=O)[C@H](C)N)C(=O)N[C@H](CCCN=C(N)N)C(=O)NN(CC(N)=O)Cc1cccc2ccccc12. The van der Waals surface area contributed by atoms with Crippen LogP contribution in [0.4, 0.5) is 0 Å². The van der Waals surface area contributed by atoms with Crippen LogP contribution in [0.2, 0.25) is 0 Å². The number of benzene rings is 4. The zero-order valence-electron chi connectivity index (χ0n) is 51.8. The Kier molecular flexibility index (Phi) is 29.8. The first-order valence-electron chi connectivity index (χ1n) is 29.5. The van der Waals surface area contributed by atoms with E-state index in [9.17, 15) is 53.1 Å². The van der Waals surface area contributed by atoms with E-state index >= 15 is 0 Å². The number of amides is 10. The highest BCUT2D eigenvalue weighted by Gasteiger charge is 2.32. The second-order valence-corrected chi connectivity index (χ2v) is 22.6. The number of aliphatic hydroxyl groups excluding tert-OH is 1. The lowest BCUT2D eigenvalue weighted by atomic mass is 10.0. The Morgan fingerprint density at radius 3 is 1.46 bits per heavy atom. The Bertz CT molecular complexity index is 3180. The predicted molar refractivity (Wildman–Crippen MR) is 339 cm³/mol. The van der Waals surface area contributed by atoms with E-state index < -0.39 is 121 Å². The summed E-state index contributed by atoms with van der Waals surface area (Å²) in [6, 6.07) is 17.3. The Balaban J connectivity index is 1.53. The van der Waals surface area contributed by atoms with Crippen LogP contribution in [0.5, 0.6) is 0 Å². The van der Waals surface area contributed by atoms with Gasteiger partial charge in [-0.05, 0) is 90.5 Å². The summed E-state index contributed by atoms with van der Waals surface area (Å²) in [6.45, 7) is 7.39. The summed E-state index contributed by atoms with van der Waals surface area (Å²) in [5.74, 6) is -8.64. The highest BCUT2D eigenvalue weighted by Crippen LogP contribution is 2.21. The summed E-state index contributed by atoms with van der Waals surface area (Å²) < 4.78 is 0. The second kappa shape index (κ2) is 36.7. The number of primary amides is 1.